The van der Waals surface area contributed by atoms with Gasteiger partial charge in [0.15, 0.2) is 0 Å². The van der Waals surface area contributed by atoms with Gasteiger partial charge in [0.2, 0.25) is 0 Å². The molecule has 0 amide bonds. The second-order valence-corrected chi connectivity index (χ2v) is 5.50. The number of methoxy groups -OCH3 is 1. The molecule has 1 aromatic carbocycles. The standard InChI is InChI=1S/C16H26N2O/c1-12-10-16(19-3)13(2)9-14(12)6-8-17-11-15-5-4-7-18-15/h9-10,15,17-18H,4-8,11H2,1-3H3. The van der Waals surface area contributed by atoms with Crippen LogP contribution in [0.25, 0.3) is 0 Å². The molecule has 106 valence electrons. The summed E-state index contributed by atoms with van der Waals surface area (Å²) >= 11 is 0. The first kappa shape index (κ1) is 14.4. The van der Waals surface area contributed by atoms with Gasteiger partial charge < -0.3 is 15.4 Å². The number of nitrogens with one attached hydrogen (secondary N) is 2. The summed E-state index contributed by atoms with van der Waals surface area (Å²) in [6.45, 7) is 7.59. The highest BCUT2D eigenvalue weighted by Crippen LogP contribution is 2.22. The molecular weight excluding hydrogens is 236 g/mol. The van der Waals surface area contributed by atoms with Gasteiger partial charge in [0.1, 0.15) is 5.75 Å². The molecule has 0 spiro atoms. The second kappa shape index (κ2) is 6.92. The molecule has 0 bridgehead atoms. The molecule has 0 aromatic heterocycles. The molecule has 1 aromatic rings. The van der Waals surface area contributed by atoms with Gasteiger partial charge in [-0.3, -0.25) is 0 Å². The van der Waals surface area contributed by atoms with Crippen LogP contribution in [0.2, 0.25) is 0 Å². The fraction of sp³-hybridized carbons (Fsp3) is 0.625. The van der Waals surface area contributed by atoms with Crippen molar-refractivity contribution in [3.63, 3.8) is 0 Å². The van der Waals surface area contributed by atoms with Crippen molar-refractivity contribution in [1.82, 2.24) is 10.6 Å². The molecule has 1 saturated heterocycles. The Morgan fingerprint density at radius 3 is 2.84 bits per heavy atom. The van der Waals surface area contributed by atoms with Crippen molar-refractivity contribution in [1.29, 1.82) is 0 Å². The maximum Gasteiger partial charge on any atom is 0.122 e. The lowest BCUT2D eigenvalue weighted by Crippen LogP contribution is -2.34. The number of ether oxygens (including phenoxy) is 1. The Balaban J connectivity index is 1.80. The number of rotatable bonds is 6. The van der Waals surface area contributed by atoms with E-state index in [1.165, 1.54) is 36.1 Å². The third-order valence-corrected chi connectivity index (χ3v) is 3.98. The zero-order chi connectivity index (χ0) is 13.7. The molecule has 1 unspecified atom stereocenters. The molecular formula is C16H26N2O. The van der Waals surface area contributed by atoms with Crippen molar-refractivity contribution in [3.8, 4) is 5.75 Å². The van der Waals surface area contributed by atoms with Gasteiger partial charge in [-0.25, -0.2) is 0 Å². The molecule has 2 N–H and O–H groups in total. The summed E-state index contributed by atoms with van der Waals surface area (Å²) < 4.78 is 5.35. The van der Waals surface area contributed by atoms with Crippen LogP contribution in [0.3, 0.4) is 0 Å². The van der Waals surface area contributed by atoms with Crippen molar-refractivity contribution in [2.24, 2.45) is 0 Å². The Hall–Kier alpha value is -1.06. The summed E-state index contributed by atoms with van der Waals surface area (Å²) in [5, 5.41) is 7.07. The molecule has 3 heteroatoms. The molecule has 1 aliphatic heterocycles. The van der Waals surface area contributed by atoms with Crippen LogP contribution in [0.5, 0.6) is 5.75 Å². The van der Waals surface area contributed by atoms with E-state index in [2.05, 4.69) is 36.6 Å². The van der Waals surface area contributed by atoms with Gasteiger partial charge in [-0.1, -0.05) is 6.07 Å². The van der Waals surface area contributed by atoms with Crippen molar-refractivity contribution in [2.75, 3.05) is 26.7 Å². The van der Waals surface area contributed by atoms with Crippen molar-refractivity contribution in [3.05, 3.63) is 28.8 Å². The summed E-state index contributed by atoms with van der Waals surface area (Å²) in [5.74, 6) is 0.990. The van der Waals surface area contributed by atoms with Gasteiger partial charge in [0.25, 0.3) is 0 Å². The first-order valence-corrected chi connectivity index (χ1v) is 7.29. The Morgan fingerprint density at radius 2 is 2.16 bits per heavy atom. The zero-order valence-corrected chi connectivity index (χ0v) is 12.4. The van der Waals surface area contributed by atoms with E-state index >= 15 is 0 Å². The molecule has 2 rings (SSSR count). The topological polar surface area (TPSA) is 33.3 Å². The third kappa shape index (κ3) is 3.95. The number of hydrogen-bond acceptors (Lipinski definition) is 3. The number of benzene rings is 1. The van der Waals surface area contributed by atoms with E-state index in [4.69, 9.17) is 4.74 Å². The van der Waals surface area contributed by atoms with Crippen LogP contribution in [0.15, 0.2) is 12.1 Å². The van der Waals surface area contributed by atoms with E-state index < -0.39 is 0 Å². The average molecular weight is 262 g/mol. The molecule has 1 aliphatic rings. The molecule has 0 saturated carbocycles. The molecule has 0 aliphatic carbocycles. The quantitative estimate of drug-likeness (QED) is 0.771. The van der Waals surface area contributed by atoms with Crippen LogP contribution in [0, 0.1) is 13.8 Å². The van der Waals surface area contributed by atoms with Gasteiger partial charge in [0.05, 0.1) is 7.11 Å². The number of aryl methyl sites for hydroxylation is 2. The highest BCUT2D eigenvalue weighted by Gasteiger charge is 2.12. The lowest BCUT2D eigenvalue weighted by Gasteiger charge is -2.14. The van der Waals surface area contributed by atoms with E-state index in [0.29, 0.717) is 6.04 Å². The van der Waals surface area contributed by atoms with E-state index in [1.807, 2.05) is 0 Å². The maximum atomic E-state index is 5.35. The van der Waals surface area contributed by atoms with E-state index in [9.17, 15) is 0 Å². The minimum atomic E-state index is 0.679. The third-order valence-electron chi connectivity index (χ3n) is 3.98. The monoisotopic (exact) mass is 262 g/mol. The summed E-state index contributed by atoms with van der Waals surface area (Å²) in [6, 6.07) is 5.08. The maximum absolute atomic E-state index is 5.35. The Labute approximate surface area is 116 Å². The summed E-state index contributed by atoms with van der Waals surface area (Å²) in [7, 11) is 1.73. The smallest absolute Gasteiger partial charge is 0.122 e. The number of hydrogen-bond donors (Lipinski definition) is 2. The Morgan fingerprint density at radius 1 is 1.32 bits per heavy atom. The minimum absolute atomic E-state index is 0.679. The molecule has 1 atom stereocenters. The normalized spacial score (nSPS) is 18.8. The largest absolute Gasteiger partial charge is 0.496 e. The molecule has 1 fully saturated rings. The van der Waals surface area contributed by atoms with Crippen LogP contribution >= 0.6 is 0 Å². The van der Waals surface area contributed by atoms with Crippen LogP contribution in [-0.2, 0) is 6.42 Å². The van der Waals surface area contributed by atoms with Crippen molar-refractivity contribution >= 4 is 0 Å². The van der Waals surface area contributed by atoms with Crippen molar-refractivity contribution < 1.29 is 4.74 Å². The van der Waals surface area contributed by atoms with Gasteiger partial charge in [-0.2, -0.15) is 0 Å². The van der Waals surface area contributed by atoms with Crippen molar-refractivity contribution in [2.45, 2.75) is 39.2 Å². The van der Waals surface area contributed by atoms with Gasteiger partial charge in [-0.05, 0) is 69.0 Å². The van der Waals surface area contributed by atoms with E-state index in [-0.39, 0.29) is 0 Å². The summed E-state index contributed by atoms with van der Waals surface area (Å²) in [5.41, 5.74) is 3.97. The van der Waals surface area contributed by atoms with Gasteiger partial charge in [-0.15, -0.1) is 0 Å². The van der Waals surface area contributed by atoms with Crippen LogP contribution in [0.4, 0.5) is 0 Å². The Kier molecular flexibility index (Phi) is 5.23. The van der Waals surface area contributed by atoms with Crippen LogP contribution in [0.1, 0.15) is 29.5 Å². The van der Waals surface area contributed by atoms with Gasteiger partial charge >= 0.3 is 0 Å². The fourth-order valence-electron chi connectivity index (χ4n) is 2.77. The molecule has 3 nitrogen and oxygen atoms in total. The predicted octanol–water partition coefficient (Wildman–Crippen LogP) is 2.20. The predicted molar refractivity (Wildman–Crippen MR) is 80.1 cm³/mol. The second-order valence-electron chi connectivity index (χ2n) is 5.50. The lowest BCUT2D eigenvalue weighted by molar-refractivity contribution is 0.411. The first-order valence-electron chi connectivity index (χ1n) is 7.29. The molecule has 19 heavy (non-hydrogen) atoms. The Bertz CT molecular complexity index is 411. The van der Waals surface area contributed by atoms with Crippen LogP contribution in [-0.4, -0.2) is 32.8 Å². The highest BCUT2D eigenvalue weighted by molar-refractivity contribution is 5.41. The highest BCUT2D eigenvalue weighted by atomic mass is 16.5. The van der Waals surface area contributed by atoms with Gasteiger partial charge in [0, 0.05) is 12.6 Å². The van der Waals surface area contributed by atoms with Crippen LogP contribution < -0.4 is 15.4 Å². The summed E-state index contributed by atoms with van der Waals surface area (Å²) in [4.78, 5) is 0. The molecule has 1 heterocycles. The zero-order valence-electron chi connectivity index (χ0n) is 12.4. The SMILES string of the molecule is COc1cc(C)c(CCNCC2CCCN2)cc1C. The van der Waals surface area contributed by atoms with E-state index in [0.717, 1.165) is 25.3 Å². The average Bonchev–Trinajstić information content (AvgIpc) is 2.91. The van der Waals surface area contributed by atoms with E-state index in [1.54, 1.807) is 7.11 Å². The summed E-state index contributed by atoms with van der Waals surface area (Å²) in [6.07, 6.45) is 3.72. The fourth-order valence-corrected chi connectivity index (χ4v) is 2.77. The molecule has 0 radical (unpaired) electrons. The first-order chi connectivity index (χ1) is 9.20. The minimum Gasteiger partial charge on any atom is -0.496 e. The lowest BCUT2D eigenvalue weighted by atomic mass is 10.0.